The summed E-state index contributed by atoms with van der Waals surface area (Å²) in [5, 5.41) is 3.06. The van der Waals surface area contributed by atoms with Crippen LogP contribution in [0.5, 0.6) is 0 Å². The number of rotatable bonds is 5. The van der Waals surface area contributed by atoms with Crippen molar-refractivity contribution in [2.45, 2.75) is 19.4 Å². The van der Waals surface area contributed by atoms with Crippen LogP contribution < -0.4 is 10.2 Å². The standard InChI is InChI=1S/C17H27N3O2/c1-17(2,19(3)4)13-18-16(21)14-7-5-6-8-15(14)20-9-11-22-12-10-20/h5-8H,9-13H2,1-4H3,(H,18,21). The molecule has 2 rings (SSSR count). The van der Waals surface area contributed by atoms with Crippen molar-refractivity contribution < 1.29 is 9.53 Å². The van der Waals surface area contributed by atoms with Gasteiger partial charge in [-0.3, -0.25) is 4.79 Å². The van der Waals surface area contributed by atoms with Crippen LogP contribution >= 0.6 is 0 Å². The highest BCUT2D eigenvalue weighted by Crippen LogP contribution is 2.21. The summed E-state index contributed by atoms with van der Waals surface area (Å²) in [6.07, 6.45) is 0. The van der Waals surface area contributed by atoms with E-state index in [1.165, 1.54) is 0 Å². The number of anilines is 1. The molecule has 1 heterocycles. The van der Waals surface area contributed by atoms with Gasteiger partial charge in [0.1, 0.15) is 0 Å². The highest BCUT2D eigenvalue weighted by molar-refractivity contribution is 5.99. The molecule has 1 aromatic rings. The van der Waals surface area contributed by atoms with E-state index in [9.17, 15) is 4.79 Å². The Balaban J connectivity index is 2.09. The van der Waals surface area contributed by atoms with Crippen molar-refractivity contribution in [2.75, 3.05) is 51.8 Å². The molecule has 22 heavy (non-hydrogen) atoms. The molecule has 0 aliphatic carbocycles. The maximum absolute atomic E-state index is 12.6. The molecular formula is C17H27N3O2. The summed E-state index contributed by atoms with van der Waals surface area (Å²) in [5.74, 6) is -0.0167. The third-order valence-corrected chi connectivity index (χ3v) is 4.39. The second-order valence-electron chi connectivity index (χ2n) is 6.51. The molecule has 0 spiro atoms. The number of carbonyl (C=O) groups excluding carboxylic acids is 1. The number of para-hydroxylation sites is 1. The van der Waals surface area contributed by atoms with E-state index >= 15 is 0 Å². The first-order valence-electron chi connectivity index (χ1n) is 7.79. The van der Waals surface area contributed by atoms with Crippen molar-refractivity contribution in [3.8, 4) is 0 Å². The van der Waals surface area contributed by atoms with Crippen LogP contribution in [0.25, 0.3) is 0 Å². The van der Waals surface area contributed by atoms with Crippen LogP contribution in [0.4, 0.5) is 5.69 Å². The van der Waals surface area contributed by atoms with Gasteiger partial charge >= 0.3 is 0 Å². The third-order valence-electron chi connectivity index (χ3n) is 4.39. The molecule has 1 saturated heterocycles. The van der Waals surface area contributed by atoms with Gasteiger partial charge in [0.25, 0.3) is 5.91 Å². The number of hydrogen-bond donors (Lipinski definition) is 1. The molecule has 0 radical (unpaired) electrons. The Morgan fingerprint density at radius 3 is 2.55 bits per heavy atom. The minimum Gasteiger partial charge on any atom is -0.378 e. The number of nitrogens with one attached hydrogen (secondary N) is 1. The number of nitrogens with zero attached hydrogens (tertiary/aromatic N) is 2. The highest BCUT2D eigenvalue weighted by atomic mass is 16.5. The Morgan fingerprint density at radius 2 is 1.91 bits per heavy atom. The fourth-order valence-corrected chi connectivity index (χ4v) is 2.30. The van der Waals surface area contributed by atoms with E-state index in [1.54, 1.807) is 0 Å². The summed E-state index contributed by atoms with van der Waals surface area (Å²) in [4.78, 5) is 16.9. The molecule has 1 aliphatic rings. The molecule has 5 nitrogen and oxygen atoms in total. The van der Waals surface area contributed by atoms with Crippen molar-refractivity contribution in [1.29, 1.82) is 0 Å². The second-order valence-corrected chi connectivity index (χ2v) is 6.51. The number of amides is 1. The van der Waals surface area contributed by atoms with E-state index in [2.05, 4.69) is 29.0 Å². The number of ether oxygens (including phenoxy) is 1. The Hall–Kier alpha value is -1.59. The van der Waals surface area contributed by atoms with Crippen LogP contribution in [0.2, 0.25) is 0 Å². The van der Waals surface area contributed by atoms with Gasteiger partial charge in [0.05, 0.1) is 18.8 Å². The van der Waals surface area contributed by atoms with E-state index in [0.29, 0.717) is 19.8 Å². The summed E-state index contributed by atoms with van der Waals surface area (Å²) in [6.45, 7) is 7.91. The fourth-order valence-electron chi connectivity index (χ4n) is 2.30. The van der Waals surface area contributed by atoms with Gasteiger partial charge in [0.15, 0.2) is 0 Å². The lowest BCUT2D eigenvalue weighted by Crippen LogP contribution is -2.48. The van der Waals surface area contributed by atoms with Gasteiger partial charge < -0.3 is 19.9 Å². The first kappa shape index (κ1) is 16.8. The number of morpholine rings is 1. The molecule has 0 atom stereocenters. The number of likely N-dealkylation sites (N-methyl/N-ethyl adjacent to an activating group) is 1. The van der Waals surface area contributed by atoms with Gasteiger partial charge in [-0.15, -0.1) is 0 Å². The molecule has 1 fully saturated rings. The Kier molecular flexibility index (Phi) is 5.42. The topological polar surface area (TPSA) is 44.8 Å². The lowest BCUT2D eigenvalue weighted by atomic mass is 10.0. The molecule has 0 unspecified atom stereocenters. The quantitative estimate of drug-likeness (QED) is 0.897. The molecule has 0 bridgehead atoms. The first-order valence-corrected chi connectivity index (χ1v) is 7.79. The molecule has 0 saturated carbocycles. The Labute approximate surface area is 133 Å². The number of hydrogen-bond acceptors (Lipinski definition) is 4. The SMILES string of the molecule is CN(C)C(C)(C)CNC(=O)c1ccccc1N1CCOCC1. The molecule has 1 N–H and O–H groups in total. The molecule has 5 heteroatoms. The van der Waals surface area contributed by atoms with Crippen molar-refractivity contribution in [1.82, 2.24) is 10.2 Å². The van der Waals surface area contributed by atoms with E-state index in [4.69, 9.17) is 4.74 Å². The molecular weight excluding hydrogens is 278 g/mol. The summed E-state index contributed by atoms with van der Waals surface area (Å²) in [6, 6.07) is 7.79. The zero-order chi connectivity index (χ0) is 16.2. The maximum atomic E-state index is 12.6. The Bertz CT molecular complexity index is 508. The van der Waals surface area contributed by atoms with Gasteiger partial charge in [-0.05, 0) is 40.1 Å². The lowest BCUT2D eigenvalue weighted by molar-refractivity contribution is 0.0918. The summed E-state index contributed by atoms with van der Waals surface area (Å²) in [5.41, 5.74) is 1.65. The van der Waals surface area contributed by atoms with Crippen molar-refractivity contribution in [2.24, 2.45) is 0 Å². The van der Waals surface area contributed by atoms with Gasteiger partial charge in [0, 0.05) is 30.9 Å². The van der Waals surface area contributed by atoms with Gasteiger partial charge in [-0.2, -0.15) is 0 Å². The molecule has 0 aromatic heterocycles. The smallest absolute Gasteiger partial charge is 0.253 e. The number of benzene rings is 1. The molecule has 1 amide bonds. The molecule has 122 valence electrons. The van der Waals surface area contributed by atoms with Gasteiger partial charge in [-0.25, -0.2) is 0 Å². The summed E-state index contributed by atoms with van der Waals surface area (Å²) < 4.78 is 5.39. The normalized spacial score (nSPS) is 16.0. The van der Waals surface area contributed by atoms with Crippen LogP contribution in [0.15, 0.2) is 24.3 Å². The van der Waals surface area contributed by atoms with Crippen LogP contribution in [0.3, 0.4) is 0 Å². The fraction of sp³-hybridized carbons (Fsp3) is 0.588. The molecule has 1 aromatic carbocycles. The third kappa shape index (κ3) is 3.99. The molecule has 1 aliphatic heterocycles. The zero-order valence-electron chi connectivity index (χ0n) is 14.1. The Morgan fingerprint density at radius 1 is 1.27 bits per heavy atom. The summed E-state index contributed by atoms with van der Waals surface area (Å²) >= 11 is 0. The van der Waals surface area contributed by atoms with E-state index in [1.807, 2.05) is 38.4 Å². The number of carbonyl (C=O) groups is 1. The average molecular weight is 305 g/mol. The van der Waals surface area contributed by atoms with E-state index in [-0.39, 0.29) is 11.4 Å². The second kappa shape index (κ2) is 7.11. The van der Waals surface area contributed by atoms with Crippen LogP contribution in [0.1, 0.15) is 24.2 Å². The zero-order valence-corrected chi connectivity index (χ0v) is 14.1. The van der Waals surface area contributed by atoms with Crippen molar-refractivity contribution >= 4 is 11.6 Å². The first-order chi connectivity index (χ1) is 10.4. The minimum absolute atomic E-state index is 0.0167. The monoisotopic (exact) mass is 305 g/mol. The minimum atomic E-state index is -0.0798. The van der Waals surface area contributed by atoms with Crippen molar-refractivity contribution in [3.05, 3.63) is 29.8 Å². The van der Waals surface area contributed by atoms with Crippen LogP contribution in [-0.2, 0) is 4.74 Å². The predicted octanol–water partition coefficient (Wildman–Crippen LogP) is 1.59. The largest absolute Gasteiger partial charge is 0.378 e. The van der Waals surface area contributed by atoms with Crippen LogP contribution in [0, 0.1) is 0 Å². The van der Waals surface area contributed by atoms with Gasteiger partial charge in [-0.1, -0.05) is 12.1 Å². The lowest BCUT2D eigenvalue weighted by Gasteiger charge is -2.33. The predicted molar refractivity (Wildman–Crippen MR) is 89.6 cm³/mol. The summed E-state index contributed by atoms with van der Waals surface area (Å²) in [7, 11) is 4.04. The maximum Gasteiger partial charge on any atom is 0.253 e. The average Bonchev–Trinajstić information content (AvgIpc) is 2.53. The van der Waals surface area contributed by atoms with Crippen molar-refractivity contribution in [3.63, 3.8) is 0 Å². The van der Waals surface area contributed by atoms with E-state index < -0.39 is 0 Å². The van der Waals surface area contributed by atoms with E-state index in [0.717, 1.165) is 24.3 Å². The van der Waals surface area contributed by atoms with Crippen LogP contribution in [-0.4, -0.2) is 63.3 Å². The van der Waals surface area contributed by atoms with Gasteiger partial charge in [0.2, 0.25) is 0 Å². The highest BCUT2D eigenvalue weighted by Gasteiger charge is 2.23.